The van der Waals surface area contributed by atoms with Gasteiger partial charge in [-0.2, -0.15) is 15.0 Å². The van der Waals surface area contributed by atoms with Crippen LogP contribution in [-0.2, 0) is 0 Å². The van der Waals surface area contributed by atoms with E-state index in [9.17, 15) is 9.18 Å². The van der Waals surface area contributed by atoms with Gasteiger partial charge in [0.2, 0.25) is 5.95 Å². The van der Waals surface area contributed by atoms with Crippen LogP contribution in [0.4, 0.5) is 10.3 Å². The summed E-state index contributed by atoms with van der Waals surface area (Å²) in [6.07, 6.45) is 4.76. The molecule has 9 heteroatoms. The van der Waals surface area contributed by atoms with Crippen LogP contribution in [0.15, 0.2) is 36.7 Å². The standard InChI is InChI=1S/C20H22FN7O/c1-13-10-14(2)25-20(24-13)26-16-4-3-9-27(12-16)19(29)17-11-15(21)5-6-18(17)28-22-7-8-23-28/h5-8,10-11,16H,3-4,9,12H2,1-2H3,(H,24,25,26)/t16-/m1/s1. The Balaban J connectivity index is 1.54. The van der Waals surface area contributed by atoms with E-state index >= 15 is 0 Å². The number of hydrogen-bond acceptors (Lipinski definition) is 6. The molecule has 1 aromatic carbocycles. The number of aromatic nitrogens is 5. The molecule has 1 atom stereocenters. The lowest BCUT2D eigenvalue weighted by Crippen LogP contribution is -2.45. The number of nitrogens with one attached hydrogen (secondary N) is 1. The average Bonchev–Trinajstić information content (AvgIpc) is 3.21. The van der Waals surface area contributed by atoms with Crippen molar-refractivity contribution in [2.24, 2.45) is 0 Å². The summed E-state index contributed by atoms with van der Waals surface area (Å²) in [5.74, 6) is -0.154. The minimum atomic E-state index is -0.473. The van der Waals surface area contributed by atoms with Gasteiger partial charge in [0.05, 0.1) is 23.6 Å². The molecule has 8 nitrogen and oxygen atoms in total. The SMILES string of the molecule is Cc1cc(C)nc(N[C@@H]2CCCN(C(=O)c3cc(F)ccc3-n3nccn3)C2)n1. The molecule has 0 bridgehead atoms. The number of amides is 1. The highest BCUT2D eigenvalue weighted by molar-refractivity contribution is 5.97. The predicted octanol–water partition coefficient (Wildman–Crippen LogP) is 2.53. The molecule has 2 aromatic heterocycles. The lowest BCUT2D eigenvalue weighted by molar-refractivity contribution is 0.0713. The van der Waals surface area contributed by atoms with Crippen LogP contribution < -0.4 is 5.32 Å². The molecule has 3 aromatic rings. The Hall–Kier alpha value is -3.36. The van der Waals surface area contributed by atoms with Gasteiger partial charge in [0.1, 0.15) is 5.82 Å². The molecule has 1 amide bonds. The number of aryl methyl sites for hydroxylation is 2. The van der Waals surface area contributed by atoms with E-state index in [0.29, 0.717) is 24.7 Å². The third-order valence-electron chi connectivity index (χ3n) is 4.85. The van der Waals surface area contributed by atoms with E-state index in [1.165, 1.54) is 35.4 Å². The van der Waals surface area contributed by atoms with Crippen molar-refractivity contribution in [3.05, 3.63) is 59.4 Å². The molecule has 0 radical (unpaired) electrons. The van der Waals surface area contributed by atoms with E-state index in [1.54, 1.807) is 4.90 Å². The second-order valence-electron chi connectivity index (χ2n) is 7.19. The van der Waals surface area contributed by atoms with Crippen molar-refractivity contribution >= 4 is 11.9 Å². The smallest absolute Gasteiger partial charge is 0.256 e. The Kier molecular flexibility index (Phi) is 5.20. The number of halogens is 1. The molecule has 0 unspecified atom stereocenters. The van der Waals surface area contributed by atoms with Gasteiger partial charge in [-0.3, -0.25) is 4.79 Å². The van der Waals surface area contributed by atoms with Gasteiger partial charge < -0.3 is 10.2 Å². The topological polar surface area (TPSA) is 88.8 Å². The predicted molar refractivity (Wildman–Crippen MR) is 105 cm³/mol. The first kappa shape index (κ1) is 19.0. The Morgan fingerprint density at radius 1 is 1.14 bits per heavy atom. The van der Waals surface area contributed by atoms with Crippen LogP contribution in [-0.4, -0.2) is 54.9 Å². The lowest BCUT2D eigenvalue weighted by Gasteiger charge is -2.33. The fraction of sp³-hybridized carbons (Fsp3) is 0.350. The van der Waals surface area contributed by atoms with Gasteiger partial charge >= 0.3 is 0 Å². The maximum absolute atomic E-state index is 13.9. The van der Waals surface area contributed by atoms with Gasteiger partial charge in [-0.15, -0.1) is 0 Å². The molecule has 4 rings (SSSR count). The molecule has 0 spiro atoms. The molecule has 1 aliphatic heterocycles. The number of nitrogens with zero attached hydrogens (tertiary/aromatic N) is 6. The van der Waals surface area contributed by atoms with Crippen molar-refractivity contribution in [1.82, 2.24) is 29.9 Å². The first-order chi connectivity index (χ1) is 14.0. The normalized spacial score (nSPS) is 16.7. The summed E-state index contributed by atoms with van der Waals surface area (Å²) < 4.78 is 13.9. The van der Waals surface area contributed by atoms with E-state index in [4.69, 9.17) is 0 Å². The highest BCUT2D eigenvalue weighted by Gasteiger charge is 2.27. The number of anilines is 1. The van der Waals surface area contributed by atoms with Gasteiger partial charge in [-0.1, -0.05) is 0 Å². The minimum absolute atomic E-state index is 0.0220. The molecule has 29 heavy (non-hydrogen) atoms. The molecule has 0 aliphatic carbocycles. The Labute approximate surface area is 167 Å². The van der Waals surface area contributed by atoms with Crippen LogP contribution in [0.5, 0.6) is 0 Å². The highest BCUT2D eigenvalue weighted by atomic mass is 19.1. The van der Waals surface area contributed by atoms with Crippen molar-refractivity contribution in [3.63, 3.8) is 0 Å². The van der Waals surface area contributed by atoms with Crippen molar-refractivity contribution in [1.29, 1.82) is 0 Å². The van der Waals surface area contributed by atoms with Crippen molar-refractivity contribution < 1.29 is 9.18 Å². The summed E-state index contributed by atoms with van der Waals surface area (Å²) in [7, 11) is 0. The highest BCUT2D eigenvalue weighted by Crippen LogP contribution is 2.21. The van der Waals surface area contributed by atoms with Gasteiger partial charge in [0.15, 0.2) is 0 Å². The number of likely N-dealkylation sites (tertiary alicyclic amines) is 1. The van der Waals surface area contributed by atoms with Crippen molar-refractivity contribution in [2.45, 2.75) is 32.7 Å². The Morgan fingerprint density at radius 2 is 1.86 bits per heavy atom. The molecule has 1 N–H and O–H groups in total. The number of hydrogen-bond donors (Lipinski definition) is 1. The van der Waals surface area contributed by atoms with Crippen LogP contribution in [0.2, 0.25) is 0 Å². The van der Waals surface area contributed by atoms with E-state index < -0.39 is 5.82 Å². The van der Waals surface area contributed by atoms with Gasteiger partial charge in [-0.05, 0) is 51.0 Å². The van der Waals surface area contributed by atoms with E-state index in [1.807, 2.05) is 19.9 Å². The second-order valence-corrected chi connectivity index (χ2v) is 7.19. The van der Waals surface area contributed by atoms with Gasteiger partial charge in [-0.25, -0.2) is 14.4 Å². The summed E-state index contributed by atoms with van der Waals surface area (Å²) in [5.41, 5.74) is 2.47. The number of rotatable bonds is 4. The molecular weight excluding hydrogens is 373 g/mol. The first-order valence-corrected chi connectivity index (χ1v) is 9.54. The lowest BCUT2D eigenvalue weighted by atomic mass is 10.0. The van der Waals surface area contributed by atoms with Crippen molar-refractivity contribution in [3.8, 4) is 5.69 Å². The third kappa shape index (κ3) is 4.23. The van der Waals surface area contributed by atoms with E-state index in [-0.39, 0.29) is 17.5 Å². The second kappa shape index (κ2) is 7.94. The largest absolute Gasteiger partial charge is 0.350 e. The van der Waals surface area contributed by atoms with Gasteiger partial charge in [0, 0.05) is 30.5 Å². The Bertz CT molecular complexity index is 1000. The van der Waals surface area contributed by atoms with Crippen LogP contribution in [0.3, 0.4) is 0 Å². The average molecular weight is 395 g/mol. The maximum Gasteiger partial charge on any atom is 0.256 e. The van der Waals surface area contributed by atoms with E-state index in [0.717, 1.165) is 24.2 Å². The maximum atomic E-state index is 13.9. The number of benzene rings is 1. The molecule has 3 heterocycles. The van der Waals surface area contributed by atoms with Crippen LogP contribution >= 0.6 is 0 Å². The zero-order valence-corrected chi connectivity index (χ0v) is 16.3. The molecule has 1 fully saturated rings. The molecular formula is C20H22FN7O. The van der Waals surface area contributed by atoms with Gasteiger partial charge in [0.25, 0.3) is 5.91 Å². The fourth-order valence-corrected chi connectivity index (χ4v) is 3.62. The summed E-state index contributed by atoms with van der Waals surface area (Å²) in [6.45, 7) is 4.93. The van der Waals surface area contributed by atoms with Crippen LogP contribution in [0.1, 0.15) is 34.6 Å². The molecule has 1 saturated heterocycles. The van der Waals surface area contributed by atoms with Crippen LogP contribution in [0.25, 0.3) is 5.69 Å². The van der Waals surface area contributed by atoms with Crippen LogP contribution in [0, 0.1) is 19.7 Å². The van der Waals surface area contributed by atoms with E-state index in [2.05, 4.69) is 25.5 Å². The summed E-state index contributed by atoms with van der Waals surface area (Å²) in [6, 6.07) is 6.00. The quantitative estimate of drug-likeness (QED) is 0.730. The summed E-state index contributed by atoms with van der Waals surface area (Å²) in [5, 5.41) is 11.5. The minimum Gasteiger partial charge on any atom is -0.350 e. The third-order valence-corrected chi connectivity index (χ3v) is 4.85. The summed E-state index contributed by atoms with van der Waals surface area (Å²) in [4.78, 5) is 25.1. The molecule has 1 aliphatic rings. The molecule has 0 saturated carbocycles. The zero-order valence-electron chi connectivity index (χ0n) is 16.3. The monoisotopic (exact) mass is 395 g/mol. The fourth-order valence-electron chi connectivity index (χ4n) is 3.62. The number of carbonyl (C=O) groups excluding carboxylic acids is 1. The summed E-state index contributed by atoms with van der Waals surface area (Å²) >= 11 is 0. The first-order valence-electron chi connectivity index (χ1n) is 9.54. The molecule has 150 valence electrons. The number of piperidine rings is 1. The zero-order chi connectivity index (χ0) is 20.4. The number of carbonyl (C=O) groups is 1. The Morgan fingerprint density at radius 3 is 2.59 bits per heavy atom. The van der Waals surface area contributed by atoms with Crippen molar-refractivity contribution in [2.75, 3.05) is 18.4 Å².